The van der Waals surface area contributed by atoms with E-state index in [0.29, 0.717) is 10.4 Å². The highest BCUT2D eigenvalue weighted by molar-refractivity contribution is 7.96. The van der Waals surface area contributed by atoms with Crippen LogP contribution >= 0.6 is 11.6 Å². The molecule has 0 radical (unpaired) electrons. The lowest BCUT2D eigenvalue weighted by atomic mass is 10.1. The lowest BCUT2D eigenvalue weighted by molar-refractivity contribution is -0.130. The van der Waals surface area contributed by atoms with Crippen molar-refractivity contribution in [1.82, 2.24) is 0 Å². The third-order valence-electron chi connectivity index (χ3n) is 2.38. The van der Waals surface area contributed by atoms with Crippen LogP contribution in [-0.4, -0.2) is 19.5 Å². The third-order valence-corrected chi connectivity index (χ3v) is 3.86. The molecule has 0 aliphatic carbocycles. The fourth-order valence-corrected chi connectivity index (χ4v) is 2.58. The molecule has 0 aromatic heterocycles. The van der Waals surface area contributed by atoms with E-state index < -0.39 is 15.8 Å². The van der Waals surface area contributed by atoms with E-state index in [4.69, 9.17) is 16.7 Å². The fourth-order valence-electron chi connectivity index (χ4n) is 1.53. The van der Waals surface area contributed by atoms with Gasteiger partial charge in [0.15, 0.2) is 0 Å². The average molecular weight is 295 g/mol. The first kappa shape index (κ1) is 13.4. The number of fused-ring (bicyclic) bond motifs is 1. The summed E-state index contributed by atoms with van der Waals surface area (Å²) in [5.41, 5.74) is 0. The molecule has 0 heterocycles. The van der Waals surface area contributed by atoms with E-state index in [1.165, 1.54) is 12.1 Å². The van der Waals surface area contributed by atoms with Crippen LogP contribution in [0.25, 0.3) is 10.8 Å². The average Bonchev–Trinajstić information content (AvgIpc) is 2.36. The van der Waals surface area contributed by atoms with Crippen molar-refractivity contribution in [2.45, 2.75) is 4.90 Å². The summed E-state index contributed by atoms with van der Waals surface area (Å²) in [4.78, 5) is 10.2. The van der Waals surface area contributed by atoms with Crippen molar-refractivity contribution in [2.75, 3.05) is 0 Å². The lowest BCUT2D eigenvalue weighted by Gasteiger charge is -2.01. The fraction of sp³-hybridized carbons (Fsp3) is 0. The predicted octanol–water partition coefficient (Wildman–Crippen LogP) is 2.31. The normalized spacial score (nSPS) is 10.8. The third kappa shape index (κ3) is 3.05. The molecule has 0 aliphatic heterocycles. The summed E-state index contributed by atoms with van der Waals surface area (Å²) < 4.78 is 23.6. The quantitative estimate of drug-likeness (QED) is 0.647. The molecule has 4 nitrogen and oxygen atoms in total. The predicted molar refractivity (Wildman–Crippen MR) is 71.6 cm³/mol. The highest BCUT2D eigenvalue weighted by Crippen LogP contribution is 2.22. The second-order valence-electron chi connectivity index (χ2n) is 3.69. The zero-order chi connectivity index (χ0) is 14.0. The number of rotatable bonds is 1. The highest BCUT2D eigenvalue weighted by atomic mass is 35.5. The van der Waals surface area contributed by atoms with Crippen LogP contribution < -0.4 is 0 Å². The maximum Gasteiger partial charge on any atom is 0.382 e. The zero-order valence-electron chi connectivity index (χ0n) is 9.42. The summed E-state index contributed by atoms with van der Waals surface area (Å²) in [6, 6.07) is 9.42. The van der Waals surface area contributed by atoms with Crippen LogP contribution in [-0.2, 0) is 14.6 Å². The zero-order valence-corrected chi connectivity index (χ0v) is 11.0. The van der Waals surface area contributed by atoms with E-state index in [1.54, 1.807) is 35.4 Å². The number of halogens is 1. The molecule has 2 aromatic rings. The summed E-state index contributed by atoms with van der Waals surface area (Å²) in [6.45, 7) is 0. The molecule has 0 bridgehead atoms. The Morgan fingerprint density at radius 1 is 1.11 bits per heavy atom. The second kappa shape index (κ2) is 4.92. The molecule has 0 aliphatic rings. The largest absolute Gasteiger partial charge is 0.472 e. The van der Waals surface area contributed by atoms with Crippen LogP contribution in [0.15, 0.2) is 41.3 Å². The van der Waals surface area contributed by atoms with E-state index in [0.717, 1.165) is 5.39 Å². The minimum absolute atomic E-state index is 0.0453. The number of sulfone groups is 1. The molecule has 0 fully saturated rings. The Morgan fingerprint density at radius 2 is 1.74 bits per heavy atom. The maximum absolute atomic E-state index is 11.8. The monoisotopic (exact) mass is 294 g/mol. The van der Waals surface area contributed by atoms with Gasteiger partial charge in [-0.3, -0.25) is 0 Å². The summed E-state index contributed by atoms with van der Waals surface area (Å²) >= 11 is 5.83. The lowest BCUT2D eigenvalue weighted by Crippen LogP contribution is -1.98. The Labute approximate surface area is 114 Å². The van der Waals surface area contributed by atoms with E-state index in [9.17, 15) is 13.2 Å². The first-order valence-electron chi connectivity index (χ1n) is 5.08. The summed E-state index contributed by atoms with van der Waals surface area (Å²) in [7, 11) is -3.93. The Kier molecular flexibility index (Phi) is 3.47. The van der Waals surface area contributed by atoms with Gasteiger partial charge < -0.3 is 5.11 Å². The molecule has 6 heteroatoms. The number of benzene rings is 2. The van der Waals surface area contributed by atoms with Gasteiger partial charge >= 0.3 is 5.97 Å². The topological polar surface area (TPSA) is 71.4 Å². The Morgan fingerprint density at radius 3 is 2.42 bits per heavy atom. The van der Waals surface area contributed by atoms with Gasteiger partial charge in [0.2, 0.25) is 9.84 Å². The van der Waals surface area contributed by atoms with Crippen LogP contribution in [0.4, 0.5) is 0 Å². The molecule has 1 N–H and O–H groups in total. The number of carbonyl (C=O) groups is 1. The van der Waals surface area contributed by atoms with E-state index in [-0.39, 0.29) is 4.90 Å². The molecular weight excluding hydrogens is 288 g/mol. The van der Waals surface area contributed by atoms with Gasteiger partial charge in [-0.1, -0.05) is 23.7 Å². The van der Waals surface area contributed by atoms with E-state index in [2.05, 4.69) is 0 Å². The van der Waals surface area contributed by atoms with Gasteiger partial charge in [0.05, 0.1) is 4.90 Å². The second-order valence-corrected chi connectivity index (χ2v) is 5.81. The van der Waals surface area contributed by atoms with Gasteiger partial charge in [-0.25, -0.2) is 13.2 Å². The van der Waals surface area contributed by atoms with Gasteiger partial charge in [0, 0.05) is 16.2 Å². The highest BCUT2D eigenvalue weighted by Gasteiger charge is 2.11. The first-order valence-corrected chi connectivity index (χ1v) is 6.95. The molecule has 96 valence electrons. The molecule has 0 atom stereocenters. The van der Waals surface area contributed by atoms with Crippen LogP contribution in [0, 0.1) is 11.2 Å². The number of carboxylic acid groups (broad SMARTS) is 1. The maximum atomic E-state index is 11.8. The molecule has 0 unspecified atom stereocenters. The van der Waals surface area contributed by atoms with E-state index >= 15 is 0 Å². The molecule has 0 spiro atoms. The van der Waals surface area contributed by atoms with E-state index in [1.807, 2.05) is 0 Å². The Hall–Kier alpha value is -2.03. The van der Waals surface area contributed by atoms with Gasteiger partial charge in [-0.2, -0.15) is 0 Å². The summed E-state index contributed by atoms with van der Waals surface area (Å²) in [6.07, 6.45) is 0. The van der Waals surface area contributed by atoms with Gasteiger partial charge in [-0.05, 0) is 35.0 Å². The van der Waals surface area contributed by atoms with Crippen molar-refractivity contribution in [3.63, 3.8) is 0 Å². The molecule has 2 rings (SSSR count). The minimum atomic E-state index is -3.93. The van der Waals surface area contributed by atoms with Gasteiger partial charge in [0.1, 0.15) is 0 Å². The standard InChI is InChI=1S/C13H7ClO4S/c14-11-3-1-10-8-12(4-2-9(10)7-11)19(17,18)6-5-13(15)16/h1-4,7-8H,(H,15,16). The Balaban J connectivity index is 2.56. The Bertz CT molecular complexity index is 829. The summed E-state index contributed by atoms with van der Waals surface area (Å²) in [5, 5.41) is 12.1. The minimum Gasteiger partial charge on any atom is -0.472 e. The first-order chi connectivity index (χ1) is 8.88. The molecule has 19 heavy (non-hydrogen) atoms. The molecular formula is C13H7ClO4S. The van der Waals surface area contributed by atoms with Crippen molar-refractivity contribution in [2.24, 2.45) is 0 Å². The summed E-state index contributed by atoms with van der Waals surface area (Å²) in [5.74, 6) is 0.109. The van der Waals surface area contributed by atoms with Crippen LogP contribution in [0.1, 0.15) is 0 Å². The van der Waals surface area contributed by atoms with Gasteiger partial charge in [0.25, 0.3) is 0 Å². The smallest absolute Gasteiger partial charge is 0.382 e. The van der Waals surface area contributed by atoms with Crippen LogP contribution in [0.3, 0.4) is 0 Å². The van der Waals surface area contributed by atoms with Crippen molar-refractivity contribution >= 4 is 38.2 Å². The van der Waals surface area contributed by atoms with Crippen molar-refractivity contribution in [1.29, 1.82) is 0 Å². The molecule has 0 saturated heterocycles. The molecule has 0 amide bonds. The number of aliphatic carboxylic acids is 1. The van der Waals surface area contributed by atoms with Crippen molar-refractivity contribution < 1.29 is 18.3 Å². The van der Waals surface area contributed by atoms with Gasteiger partial charge in [-0.15, -0.1) is 0 Å². The number of hydrogen-bond acceptors (Lipinski definition) is 3. The molecule has 0 saturated carbocycles. The van der Waals surface area contributed by atoms with Crippen LogP contribution in [0.5, 0.6) is 0 Å². The van der Waals surface area contributed by atoms with Crippen molar-refractivity contribution in [3.05, 3.63) is 41.4 Å². The number of carboxylic acids is 1. The molecule has 2 aromatic carbocycles. The number of hydrogen-bond donors (Lipinski definition) is 1. The van der Waals surface area contributed by atoms with Crippen LogP contribution in [0.2, 0.25) is 5.02 Å². The SMILES string of the molecule is O=C(O)C#CS(=O)(=O)c1ccc2cc(Cl)ccc2c1. The van der Waals surface area contributed by atoms with Crippen molar-refractivity contribution in [3.8, 4) is 11.2 Å².